The average molecular weight is 936 g/mol. The van der Waals surface area contributed by atoms with Gasteiger partial charge < -0.3 is 30.7 Å². The van der Waals surface area contributed by atoms with E-state index >= 15 is 4.79 Å². The Morgan fingerprint density at radius 2 is 1.74 bits per heavy atom. The van der Waals surface area contributed by atoms with Crippen LogP contribution in [0, 0.1) is 17.3 Å². The van der Waals surface area contributed by atoms with Crippen molar-refractivity contribution in [3.8, 4) is 0 Å². The summed E-state index contributed by atoms with van der Waals surface area (Å²) < 4.78 is 7.47. The van der Waals surface area contributed by atoms with Crippen LogP contribution in [0.15, 0.2) is 35.8 Å². The zero-order valence-electron chi connectivity index (χ0n) is 40.6. The van der Waals surface area contributed by atoms with Crippen LogP contribution in [-0.4, -0.2) is 122 Å². The molecule has 0 spiro atoms. The fourth-order valence-corrected chi connectivity index (χ4v) is 9.29. The van der Waals surface area contributed by atoms with E-state index in [0.29, 0.717) is 50.1 Å². The van der Waals surface area contributed by atoms with Gasteiger partial charge in [-0.05, 0) is 109 Å². The van der Waals surface area contributed by atoms with E-state index in [-0.39, 0.29) is 60.6 Å². The highest BCUT2D eigenvalue weighted by Gasteiger charge is 2.39. The number of nitrogens with zero attached hydrogens (tertiary/aromatic N) is 6. The van der Waals surface area contributed by atoms with E-state index in [4.69, 9.17) is 9.72 Å². The number of rotatable bonds is 26. The van der Waals surface area contributed by atoms with Gasteiger partial charge in [0.15, 0.2) is 11.9 Å². The van der Waals surface area contributed by atoms with Gasteiger partial charge in [-0.2, -0.15) is 0 Å². The quantitative estimate of drug-likeness (QED) is 0.0530. The SMILES string of the molecule is CC[C@H](C)[C@H](NC(=O)[C@H]1CCCCN1C)C(=O)N(CCCCc1cn(CC(C)=O)nn1)[C@H](C[C@@H](OC(C)=O)c1nc(C(=O)N[C@@H](Cc2ccc(NC)cc2)CC(C)(C)C(=O)O)cs1)C(C)C. The minimum Gasteiger partial charge on any atom is -0.481 e. The smallest absolute Gasteiger partial charge is 0.309 e. The fraction of sp³-hybridized carbons (Fsp3) is 0.646. The number of piperidine rings is 1. The summed E-state index contributed by atoms with van der Waals surface area (Å²) in [4.78, 5) is 88.1. The summed E-state index contributed by atoms with van der Waals surface area (Å²) in [7, 11) is 3.76. The Bertz CT molecular complexity index is 2090. The number of aryl methyl sites for hydroxylation is 1. The fourth-order valence-electron chi connectivity index (χ4n) is 8.45. The lowest BCUT2D eigenvalue weighted by atomic mass is 9.84. The molecule has 1 aromatic carbocycles. The van der Waals surface area contributed by atoms with Crippen LogP contribution in [0.4, 0.5) is 5.69 Å². The van der Waals surface area contributed by atoms with E-state index < -0.39 is 47.5 Å². The van der Waals surface area contributed by atoms with Gasteiger partial charge in [0.05, 0.1) is 17.2 Å². The van der Waals surface area contributed by atoms with E-state index in [2.05, 4.69) is 26.3 Å². The lowest BCUT2D eigenvalue weighted by molar-refractivity contribution is -0.150. The number of likely N-dealkylation sites (N-methyl/N-ethyl adjacent to an activating group) is 1. The Morgan fingerprint density at radius 1 is 1.03 bits per heavy atom. The zero-order chi connectivity index (χ0) is 48.7. The second kappa shape index (κ2) is 25.1. The Kier molecular flexibility index (Phi) is 20.3. The van der Waals surface area contributed by atoms with E-state index in [0.717, 1.165) is 36.3 Å². The predicted molar refractivity (Wildman–Crippen MR) is 254 cm³/mol. The van der Waals surface area contributed by atoms with E-state index in [1.54, 1.807) is 25.4 Å². The van der Waals surface area contributed by atoms with Crippen LogP contribution in [0.1, 0.15) is 140 Å². The first-order valence-electron chi connectivity index (χ1n) is 23.4. The molecule has 3 amide bonds. The van der Waals surface area contributed by atoms with Crippen LogP contribution >= 0.6 is 11.3 Å². The molecule has 1 aliphatic heterocycles. The molecule has 3 aromatic rings. The minimum absolute atomic E-state index is 0.0315. The predicted octanol–water partition coefficient (Wildman–Crippen LogP) is 6.09. The highest BCUT2D eigenvalue weighted by atomic mass is 32.1. The van der Waals surface area contributed by atoms with Crippen LogP contribution in [0.25, 0.3) is 0 Å². The van der Waals surface area contributed by atoms with Crippen LogP contribution in [0.2, 0.25) is 0 Å². The Hall–Kier alpha value is -5.23. The molecular weight excluding hydrogens is 863 g/mol. The third-order valence-corrected chi connectivity index (χ3v) is 13.5. The van der Waals surface area contributed by atoms with Gasteiger partial charge in [-0.3, -0.25) is 33.7 Å². The number of carbonyl (C=O) groups excluding carboxylic acids is 5. The molecule has 364 valence electrons. The standard InChI is InChI=1S/C48H73N9O8S/c1-11-31(4)42(52-44(61)39-17-13-14-22-55(39)10)46(62)57(23-15-12-16-36-28-56(54-53-36)27-32(5)58)40(30(2)3)25-41(65-33(6)59)45-51-38(29-66-45)43(60)50-37(26-48(7,8)47(63)64)24-34-18-20-35(49-9)21-19-34/h18-21,28-31,37,39-42,49H,11-17,22-27H2,1-10H3,(H,50,60)(H,52,61)(H,63,64)/t31-,37-,39+,40+,41+,42-/m0/s1. The van der Waals surface area contributed by atoms with E-state index in [9.17, 15) is 29.1 Å². The number of benzene rings is 1. The molecular formula is C48H73N9O8S. The highest BCUT2D eigenvalue weighted by Crippen LogP contribution is 2.32. The molecule has 18 heteroatoms. The number of ether oxygens (including phenoxy) is 1. The van der Waals surface area contributed by atoms with Crippen molar-refractivity contribution in [2.75, 3.05) is 32.5 Å². The van der Waals surface area contributed by atoms with Gasteiger partial charge in [0.25, 0.3) is 5.91 Å². The molecule has 4 rings (SSSR count). The molecule has 0 bridgehead atoms. The summed E-state index contributed by atoms with van der Waals surface area (Å²) >= 11 is 1.17. The lowest BCUT2D eigenvalue weighted by Gasteiger charge is -2.40. The summed E-state index contributed by atoms with van der Waals surface area (Å²) in [6.07, 6.45) is 6.65. The lowest BCUT2D eigenvalue weighted by Crippen LogP contribution is -2.59. The number of amides is 3. The monoisotopic (exact) mass is 936 g/mol. The van der Waals surface area contributed by atoms with Crippen LogP contribution < -0.4 is 16.0 Å². The highest BCUT2D eigenvalue weighted by molar-refractivity contribution is 7.09. The first kappa shape index (κ1) is 53.4. The zero-order valence-corrected chi connectivity index (χ0v) is 41.4. The van der Waals surface area contributed by atoms with Crippen molar-refractivity contribution in [2.24, 2.45) is 17.3 Å². The maximum atomic E-state index is 15.1. The van der Waals surface area contributed by atoms with Gasteiger partial charge >= 0.3 is 11.9 Å². The largest absolute Gasteiger partial charge is 0.481 e. The summed E-state index contributed by atoms with van der Waals surface area (Å²) in [5.41, 5.74) is 1.53. The summed E-state index contributed by atoms with van der Waals surface area (Å²) in [6.45, 7) is 15.3. The summed E-state index contributed by atoms with van der Waals surface area (Å²) in [5.74, 6) is -2.78. The first-order chi connectivity index (χ1) is 31.2. The Labute approximate surface area is 394 Å². The number of nitrogens with one attached hydrogen (secondary N) is 3. The average Bonchev–Trinajstić information content (AvgIpc) is 3.94. The molecule has 3 heterocycles. The van der Waals surface area contributed by atoms with Crippen molar-refractivity contribution in [1.29, 1.82) is 0 Å². The van der Waals surface area contributed by atoms with E-state index in [1.165, 1.54) is 29.9 Å². The van der Waals surface area contributed by atoms with Crippen LogP contribution in [-0.2, 0) is 48.1 Å². The number of anilines is 1. The van der Waals surface area contributed by atoms with Crippen LogP contribution in [0.5, 0.6) is 0 Å². The topological polar surface area (TPSA) is 218 Å². The third-order valence-electron chi connectivity index (χ3n) is 12.5. The summed E-state index contributed by atoms with van der Waals surface area (Å²) in [6, 6.07) is 5.52. The second-order valence-electron chi connectivity index (χ2n) is 18.9. The number of Topliss-reactive ketones (excluding diaryl/α,β-unsaturated/α-hetero) is 1. The molecule has 2 aromatic heterocycles. The maximum Gasteiger partial charge on any atom is 0.309 e. The molecule has 0 radical (unpaired) electrons. The molecule has 66 heavy (non-hydrogen) atoms. The van der Waals surface area contributed by atoms with Crippen LogP contribution in [0.3, 0.4) is 0 Å². The molecule has 0 unspecified atom stereocenters. The number of aromatic nitrogens is 4. The van der Waals surface area contributed by atoms with Crippen molar-refractivity contribution in [2.45, 2.75) is 156 Å². The molecule has 0 aliphatic carbocycles. The second-order valence-corrected chi connectivity index (χ2v) is 19.8. The van der Waals surface area contributed by atoms with E-state index in [1.807, 2.05) is 75.9 Å². The van der Waals surface area contributed by atoms with Gasteiger partial charge in [0.2, 0.25) is 11.8 Å². The number of hydrogen-bond donors (Lipinski definition) is 4. The van der Waals surface area contributed by atoms with Gasteiger partial charge in [0.1, 0.15) is 23.3 Å². The number of hydrogen-bond acceptors (Lipinski definition) is 13. The number of carbonyl (C=O) groups is 6. The maximum absolute atomic E-state index is 15.1. The number of carboxylic acid groups (broad SMARTS) is 1. The molecule has 1 saturated heterocycles. The Balaban J connectivity index is 1.63. The van der Waals surface area contributed by atoms with Crippen molar-refractivity contribution in [3.05, 3.63) is 57.8 Å². The number of likely N-dealkylation sites (tertiary alicyclic amines) is 1. The first-order valence-corrected chi connectivity index (χ1v) is 24.2. The number of esters is 1. The van der Waals surface area contributed by atoms with Crippen molar-refractivity contribution in [3.63, 3.8) is 0 Å². The van der Waals surface area contributed by atoms with Gasteiger partial charge in [-0.25, -0.2) is 9.67 Å². The number of aliphatic carboxylic acids is 1. The number of unbranched alkanes of at least 4 members (excludes halogenated alkanes) is 1. The number of ketones is 1. The van der Waals surface area contributed by atoms with Gasteiger partial charge in [0, 0.05) is 56.3 Å². The molecule has 17 nitrogen and oxygen atoms in total. The molecule has 6 atom stereocenters. The van der Waals surface area contributed by atoms with Crippen molar-refractivity contribution < 1.29 is 38.6 Å². The number of thiazole rings is 1. The number of carboxylic acids is 1. The summed E-state index contributed by atoms with van der Waals surface area (Å²) in [5, 5.41) is 29.5. The molecule has 1 aliphatic rings. The van der Waals surface area contributed by atoms with Crippen molar-refractivity contribution in [1.82, 2.24) is 40.4 Å². The minimum atomic E-state index is -1.13. The molecule has 1 fully saturated rings. The molecule has 4 N–H and O–H groups in total. The molecule has 0 saturated carbocycles. The normalized spacial score (nSPS) is 16.7. The third kappa shape index (κ3) is 15.7. The van der Waals surface area contributed by atoms with Crippen molar-refractivity contribution >= 4 is 52.5 Å². The van der Waals surface area contributed by atoms with Gasteiger partial charge in [-0.15, -0.1) is 16.4 Å². The Morgan fingerprint density at radius 3 is 2.35 bits per heavy atom. The van der Waals surface area contributed by atoms with Gasteiger partial charge in [-0.1, -0.05) is 57.9 Å².